The fraction of sp³-hybridized carbons (Fsp3) is 0.353. The third-order valence-corrected chi connectivity index (χ3v) is 3.01. The summed E-state index contributed by atoms with van der Waals surface area (Å²) in [5.74, 6) is 0.838. The highest BCUT2D eigenvalue weighted by atomic mass is 19.1. The zero-order chi connectivity index (χ0) is 15.2. The first-order valence-corrected chi connectivity index (χ1v) is 7.15. The zero-order valence-electron chi connectivity index (χ0n) is 12.7. The second-order valence-electron chi connectivity index (χ2n) is 5.53. The molecule has 0 unspecified atom stereocenters. The number of ether oxygens (including phenoxy) is 1. The Bertz CT molecular complexity index is 599. The highest BCUT2D eigenvalue weighted by Gasteiger charge is 2.10. The van der Waals surface area contributed by atoms with Crippen molar-refractivity contribution in [2.45, 2.75) is 27.3 Å². The maximum absolute atomic E-state index is 13.8. The lowest BCUT2D eigenvalue weighted by Crippen LogP contribution is -2.19. The average Bonchev–Trinajstić information content (AvgIpc) is 2.44. The van der Waals surface area contributed by atoms with Crippen molar-refractivity contribution in [1.29, 1.82) is 0 Å². The van der Waals surface area contributed by atoms with Gasteiger partial charge in [-0.25, -0.2) is 9.37 Å². The summed E-state index contributed by atoms with van der Waals surface area (Å²) >= 11 is 0. The number of rotatable bonds is 6. The molecule has 0 saturated heterocycles. The molecule has 0 radical (unpaired) electrons. The first-order valence-electron chi connectivity index (χ1n) is 7.15. The Hall–Kier alpha value is -1.94. The van der Waals surface area contributed by atoms with Gasteiger partial charge in [0.25, 0.3) is 0 Å². The molecule has 2 aromatic rings. The molecule has 0 bridgehead atoms. The summed E-state index contributed by atoms with van der Waals surface area (Å²) in [6, 6.07) is 8.58. The Morgan fingerprint density at radius 1 is 1.29 bits per heavy atom. The van der Waals surface area contributed by atoms with Gasteiger partial charge in [-0.2, -0.15) is 0 Å². The minimum Gasteiger partial charge on any atom is -0.436 e. The fourth-order valence-corrected chi connectivity index (χ4v) is 1.94. The number of pyridine rings is 1. The van der Waals surface area contributed by atoms with Crippen molar-refractivity contribution in [2.75, 3.05) is 6.54 Å². The molecule has 0 saturated carbocycles. The van der Waals surface area contributed by atoms with E-state index < -0.39 is 0 Å². The van der Waals surface area contributed by atoms with Crippen LogP contribution in [0.15, 0.2) is 36.5 Å². The quantitative estimate of drug-likeness (QED) is 0.870. The van der Waals surface area contributed by atoms with Crippen LogP contribution in [0.25, 0.3) is 0 Å². The molecule has 4 heteroatoms. The molecule has 112 valence electrons. The Morgan fingerprint density at radius 2 is 2.10 bits per heavy atom. The predicted molar refractivity (Wildman–Crippen MR) is 82.0 cm³/mol. The van der Waals surface area contributed by atoms with E-state index in [2.05, 4.69) is 24.1 Å². The SMILES string of the molecule is Cc1ccc(F)c(Oc2ncccc2CNCC(C)C)c1. The van der Waals surface area contributed by atoms with Crippen molar-refractivity contribution in [2.24, 2.45) is 5.92 Å². The van der Waals surface area contributed by atoms with Gasteiger partial charge in [0.15, 0.2) is 11.6 Å². The molecular formula is C17H21FN2O. The van der Waals surface area contributed by atoms with E-state index in [1.807, 2.05) is 19.1 Å². The minimum atomic E-state index is -0.382. The topological polar surface area (TPSA) is 34.1 Å². The van der Waals surface area contributed by atoms with Crippen molar-refractivity contribution in [3.63, 3.8) is 0 Å². The maximum Gasteiger partial charge on any atom is 0.223 e. The summed E-state index contributed by atoms with van der Waals surface area (Å²) in [5.41, 5.74) is 1.86. The van der Waals surface area contributed by atoms with E-state index in [1.54, 1.807) is 18.3 Å². The van der Waals surface area contributed by atoms with E-state index in [1.165, 1.54) is 6.07 Å². The summed E-state index contributed by atoms with van der Waals surface area (Å²) in [7, 11) is 0. The van der Waals surface area contributed by atoms with Crippen LogP contribution in [-0.4, -0.2) is 11.5 Å². The van der Waals surface area contributed by atoms with Crippen LogP contribution in [0.4, 0.5) is 4.39 Å². The molecule has 1 aromatic carbocycles. The maximum atomic E-state index is 13.8. The minimum absolute atomic E-state index is 0.207. The molecule has 0 atom stereocenters. The lowest BCUT2D eigenvalue weighted by atomic mass is 10.2. The summed E-state index contributed by atoms with van der Waals surface area (Å²) in [6.07, 6.45) is 1.65. The van der Waals surface area contributed by atoms with Crippen molar-refractivity contribution in [3.05, 3.63) is 53.5 Å². The molecule has 3 nitrogen and oxygen atoms in total. The van der Waals surface area contributed by atoms with Crippen LogP contribution < -0.4 is 10.1 Å². The van der Waals surface area contributed by atoms with Crippen LogP contribution in [0.1, 0.15) is 25.0 Å². The van der Waals surface area contributed by atoms with Gasteiger partial charge in [0.1, 0.15) is 0 Å². The predicted octanol–water partition coefficient (Wildman–Crippen LogP) is 4.07. The second-order valence-corrected chi connectivity index (χ2v) is 5.53. The van der Waals surface area contributed by atoms with E-state index in [-0.39, 0.29) is 11.6 Å². The first kappa shape index (κ1) is 15.4. The second kappa shape index (κ2) is 7.18. The number of hydrogen-bond acceptors (Lipinski definition) is 3. The van der Waals surface area contributed by atoms with Crippen LogP contribution in [0.3, 0.4) is 0 Å². The molecule has 1 N–H and O–H groups in total. The molecule has 0 spiro atoms. The van der Waals surface area contributed by atoms with E-state index in [9.17, 15) is 4.39 Å². The number of aromatic nitrogens is 1. The van der Waals surface area contributed by atoms with Gasteiger partial charge in [-0.1, -0.05) is 26.0 Å². The molecule has 0 aliphatic carbocycles. The van der Waals surface area contributed by atoms with E-state index in [0.29, 0.717) is 18.3 Å². The van der Waals surface area contributed by atoms with Crippen LogP contribution in [0.2, 0.25) is 0 Å². The number of halogens is 1. The van der Waals surface area contributed by atoms with Crippen molar-refractivity contribution in [1.82, 2.24) is 10.3 Å². The molecular weight excluding hydrogens is 267 g/mol. The number of hydrogen-bond donors (Lipinski definition) is 1. The Morgan fingerprint density at radius 3 is 2.86 bits per heavy atom. The molecule has 0 fully saturated rings. The molecule has 1 heterocycles. The number of aryl methyl sites for hydroxylation is 1. The number of nitrogens with one attached hydrogen (secondary N) is 1. The summed E-state index contributed by atoms with van der Waals surface area (Å²) in [5, 5.41) is 3.34. The van der Waals surface area contributed by atoms with Crippen LogP contribution >= 0.6 is 0 Å². The monoisotopic (exact) mass is 288 g/mol. The lowest BCUT2D eigenvalue weighted by molar-refractivity contribution is 0.419. The smallest absolute Gasteiger partial charge is 0.223 e. The van der Waals surface area contributed by atoms with Gasteiger partial charge in [0.2, 0.25) is 5.88 Å². The van der Waals surface area contributed by atoms with Crippen LogP contribution in [0, 0.1) is 18.7 Å². The van der Waals surface area contributed by atoms with Crippen LogP contribution in [0.5, 0.6) is 11.6 Å². The van der Waals surface area contributed by atoms with Crippen molar-refractivity contribution in [3.8, 4) is 11.6 Å². The Balaban J connectivity index is 2.14. The summed E-state index contributed by atoms with van der Waals surface area (Å²) in [4.78, 5) is 4.21. The first-order chi connectivity index (χ1) is 10.1. The highest BCUT2D eigenvalue weighted by molar-refractivity contribution is 5.35. The fourth-order valence-electron chi connectivity index (χ4n) is 1.94. The summed E-state index contributed by atoms with van der Waals surface area (Å²) < 4.78 is 19.4. The third-order valence-electron chi connectivity index (χ3n) is 3.01. The number of benzene rings is 1. The Labute approximate surface area is 125 Å². The molecule has 2 rings (SSSR count). The van der Waals surface area contributed by atoms with Crippen molar-refractivity contribution >= 4 is 0 Å². The van der Waals surface area contributed by atoms with Crippen molar-refractivity contribution < 1.29 is 9.13 Å². The molecule has 1 aromatic heterocycles. The largest absolute Gasteiger partial charge is 0.436 e. The number of nitrogens with zero attached hydrogens (tertiary/aromatic N) is 1. The molecule has 0 aliphatic rings. The van der Waals surface area contributed by atoms with Gasteiger partial charge >= 0.3 is 0 Å². The highest BCUT2D eigenvalue weighted by Crippen LogP contribution is 2.26. The third kappa shape index (κ3) is 4.53. The normalized spacial score (nSPS) is 10.9. The molecule has 0 aliphatic heterocycles. The average molecular weight is 288 g/mol. The van der Waals surface area contributed by atoms with Crippen LogP contribution in [-0.2, 0) is 6.54 Å². The zero-order valence-corrected chi connectivity index (χ0v) is 12.7. The molecule has 21 heavy (non-hydrogen) atoms. The van der Waals surface area contributed by atoms with Gasteiger partial charge in [-0.15, -0.1) is 0 Å². The van der Waals surface area contributed by atoms with E-state index in [4.69, 9.17) is 4.74 Å². The lowest BCUT2D eigenvalue weighted by Gasteiger charge is -2.12. The van der Waals surface area contributed by atoms with Gasteiger partial charge in [0.05, 0.1) is 0 Å². The van der Waals surface area contributed by atoms with E-state index >= 15 is 0 Å². The van der Waals surface area contributed by atoms with Gasteiger partial charge in [-0.3, -0.25) is 0 Å². The molecule has 0 amide bonds. The van der Waals surface area contributed by atoms with Gasteiger partial charge in [0, 0.05) is 18.3 Å². The standard InChI is InChI=1S/C17H21FN2O/c1-12(2)10-19-11-14-5-4-8-20-17(14)21-16-9-13(3)6-7-15(16)18/h4-9,12,19H,10-11H2,1-3H3. The summed E-state index contributed by atoms with van der Waals surface area (Å²) in [6.45, 7) is 7.75. The van der Waals surface area contributed by atoms with E-state index in [0.717, 1.165) is 17.7 Å². The van der Waals surface area contributed by atoms with Gasteiger partial charge < -0.3 is 10.1 Å². The Kier molecular flexibility index (Phi) is 5.28. The van der Waals surface area contributed by atoms with Gasteiger partial charge in [-0.05, 0) is 43.1 Å².